The van der Waals surface area contributed by atoms with Crippen LogP contribution in [0.25, 0.3) is 11.3 Å². The maximum Gasteiger partial charge on any atom is 0.339 e. The van der Waals surface area contributed by atoms with Crippen LogP contribution in [0.4, 0.5) is 10.1 Å². The Kier molecular flexibility index (Phi) is 4.49. The van der Waals surface area contributed by atoms with E-state index in [0.29, 0.717) is 11.1 Å². The van der Waals surface area contributed by atoms with Crippen LogP contribution in [0.15, 0.2) is 24.4 Å². The van der Waals surface area contributed by atoms with Gasteiger partial charge in [-0.05, 0) is 44.5 Å². The van der Waals surface area contributed by atoms with E-state index in [4.69, 9.17) is 10.5 Å². The number of halogens is 1. The van der Waals surface area contributed by atoms with E-state index in [9.17, 15) is 9.18 Å². The van der Waals surface area contributed by atoms with Gasteiger partial charge in [0.2, 0.25) is 0 Å². The molecule has 0 amide bonds. The van der Waals surface area contributed by atoms with Crippen molar-refractivity contribution in [3.8, 4) is 11.3 Å². The average Bonchev–Trinajstić information content (AvgIpc) is 2.95. The highest BCUT2D eigenvalue weighted by Gasteiger charge is 2.21. The highest BCUT2D eigenvalue weighted by Crippen LogP contribution is 2.34. The Hall–Kier alpha value is -2.37. The van der Waals surface area contributed by atoms with E-state index >= 15 is 0 Å². The van der Waals surface area contributed by atoms with Crippen molar-refractivity contribution in [3.63, 3.8) is 0 Å². The van der Waals surface area contributed by atoms with Crippen molar-refractivity contribution in [1.29, 1.82) is 0 Å². The topological polar surface area (TPSA) is 70.1 Å². The fraction of sp³-hybridized carbons (Fsp3) is 0.375. The summed E-state index contributed by atoms with van der Waals surface area (Å²) in [6, 6.07) is 4.96. The van der Waals surface area contributed by atoms with Crippen molar-refractivity contribution in [1.82, 2.24) is 9.78 Å². The van der Waals surface area contributed by atoms with E-state index in [-0.39, 0.29) is 17.3 Å². The first-order valence-corrected chi connectivity index (χ1v) is 7.06. The number of hydrogen-bond donors (Lipinski definition) is 1. The molecule has 0 spiro atoms. The minimum Gasteiger partial charge on any atom is -0.465 e. The fourth-order valence-electron chi connectivity index (χ4n) is 2.41. The molecule has 5 nitrogen and oxygen atoms in total. The van der Waals surface area contributed by atoms with Crippen LogP contribution in [0, 0.1) is 0 Å². The Morgan fingerprint density at radius 2 is 2.05 bits per heavy atom. The van der Waals surface area contributed by atoms with Crippen molar-refractivity contribution in [2.24, 2.45) is 0 Å². The van der Waals surface area contributed by atoms with E-state index in [1.165, 1.54) is 20.1 Å². The number of alkyl halides is 1. The van der Waals surface area contributed by atoms with E-state index in [1.807, 2.05) is 13.8 Å². The molecular weight excluding hydrogens is 285 g/mol. The number of benzene rings is 1. The van der Waals surface area contributed by atoms with Gasteiger partial charge >= 0.3 is 5.97 Å². The van der Waals surface area contributed by atoms with Gasteiger partial charge in [-0.1, -0.05) is 0 Å². The summed E-state index contributed by atoms with van der Waals surface area (Å²) in [4.78, 5) is 11.8. The van der Waals surface area contributed by atoms with Crippen molar-refractivity contribution in [2.75, 3.05) is 12.8 Å². The van der Waals surface area contributed by atoms with Gasteiger partial charge in [0.15, 0.2) is 0 Å². The second-order valence-corrected chi connectivity index (χ2v) is 5.39. The van der Waals surface area contributed by atoms with Gasteiger partial charge < -0.3 is 10.5 Å². The molecule has 2 rings (SSSR count). The lowest BCUT2D eigenvalue weighted by atomic mass is 9.96. The summed E-state index contributed by atoms with van der Waals surface area (Å²) in [6.45, 7) is 5.40. The molecule has 1 heterocycles. The van der Waals surface area contributed by atoms with Gasteiger partial charge in [-0.2, -0.15) is 5.10 Å². The zero-order valence-electron chi connectivity index (χ0n) is 13.1. The van der Waals surface area contributed by atoms with Crippen LogP contribution in [0.2, 0.25) is 0 Å². The first kappa shape index (κ1) is 16.0. The lowest BCUT2D eigenvalue weighted by molar-refractivity contribution is 0.0602. The number of nitrogens with zero attached hydrogens (tertiary/aromatic N) is 2. The predicted molar refractivity (Wildman–Crippen MR) is 83.3 cm³/mol. The zero-order valence-corrected chi connectivity index (χ0v) is 13.1. The summed E-state index contributed by atoms with van der Waals surface area (Å²) in [5, 5.41) is 4.26. The SMILES string of the molecule is COC(=O)c1cc(-c2ccnn2C(C)C)c(C(C)F)cc1N. The van der Waals surface area contributed by atoms with Gasteiger partial charge in [-0.15, -0.1) is 0 Å². The third-order valence-electron chi connectivity index (χ3n) is 3.49. The molecule has 0 bridgehead atoms. The van der Waals surface area contributed by atoms with Crippen LogP contribution in [0.5, 0.6) is 0 Å². The highest BCUT2D eigenvalue weighted by atomic mass is 19.1. The number of carbonyl (C=O) groups excluding carboxylic acids is 1. The predicted octanol–water partition coefficient (Wildman–Crippen LogP) is 3.53. The Bertz CT molecular complexity index is 693. The van der Waals surface area contributed by atoms with Crippen molar-refractivity contribution in [3.05, 3.63) is 35.5 Å². The molecule has 22 heavy (non-hydrogen) atoms. The van der Waals surface area contributed by atoms with Gasteiger partial charge in [0, 0.05) is 23.5 Å². The molecule has 118 valence electrons. The Labute approximate surface area is 128 Å². The highest BCUT2D eigenvalue weighted by molar-refractivity contribution is 5.97. The standard InChI is InChI=1S/C16H20FN3O2/c1-9(2)20-15(5-6-19-20)12-7-13(16(21)22-4)14(18)8-11(12)10(3)17/h5-10H,18H2,1-4H3. The first-order valence-electron chi connectivity index (χ1n) is 7.06. The van der Waals surface area contributed by atoms with Crippen LogP contribution in [-0.2, 0) is 4.74 Å². The van der Waals surface area contributed by atoms with Gasteiger partial charge in [0.1, 0.15) is 6.17 Å². The molecule has 0 aliphatic rings. The molecule has 6 heteroatoms. The molecule has 0 radical (unpaired) electrons. The summed E-state index contributed by atoms with van der Waals surface area (Å²) in [5.74, 6) is -0.549. The summed E-state index contributed by atoms with van der Waals surface area (Å²) in [7, 11) is 1.28. The van der Waals surface area contributed by atoms with Gasteiger partial charge in [0.05, 0.1) is 18.4 Å². The van der Waals surface area contributed by atoms with Crippen molar-refractivity contribution < 1.29 is 13.9 Å². The molecule has 0 saturated heterocycles. The molecule has 1 aromatic heterocycles. The van der Waals surface area contributed by atoms with E-state index in [1.54, 1.807) is 23.0 Å². The number of carbonyl (C=O) groups is 1. The largest absolute Gasteiger partial charge is 0.465 e. The molecule has 2 aromatic rings. The van der Waals surface area contributed by atoms with Gasteiger partial charge in [-0.3, -0.25) is 4.68 Å². The normalized spacial score (nSPS) is 12.5. The Balaban J connectivity index is 2.71. The average molecular weight is 305 g/mol. The number of ether oxygens (including phenoxy) is 1. The summed E-state index contributed by atoms with van der Waals surface area (Å²) in [5.41, 5.74) is 8.04. The molecule has 0 aliphatic carbocycles. The van der Waals surface area contributed by atoms with Crippen molar-refractivity contribution >= 4 is 11.7 Å². The van der Waals surface area contributed by atoms with Crippen LogP contribution in [-0.4, -0.2) is 22.9 Å². The number of aromatic nitrogens is 2. The molecular formula is C16H20FN3O2. The minimum absolute atomic E-state index is 0.104. The zero-order chi connectivity index (χ0) is 16.4. The number of esters is 1. The van der Waals surface area contributed by atoms with Crippen LogP contribution >= 0.6 is 0 Å². The number of methoxy groups -OCH3 is 1. The number of nitrogen functional groups attached to an aromatic ring is 1. The van der Waals surface area contributed by atoms with Crippen LogP contribution in [0.3, 0.4) is 0 Å². The van der Waals surface area contributed by atoms with E-state index < -0.39 is 12.1 Å². The second-order valence-electron chi connectivity index (χ2n) is 5.39. The third kappa shape index (κ3) is 2.81. The molecule has 0 saturated carbocycles. The van der Waals surface area contributed by atoms with Crippen LogP contribution in [0.1, 0.15) is 48.9 Å². The first-order chi connectivity index (χ1) is 10.4. The number of anilines is 1. The summed E-state index contributed by atoms with van der Waals surface area (Å²) >= 11 is 0. The lowest BCUT2D eigenvalue weighted by Crippen LogP contribution is -2.10. The number of nitrogens with two attached hydrogens (primary N) is 1. The molecule has 0 fully saturated rings. The fourth-order valence-corrected chi connectivity index (χ4v) is 2.41. The smallest absolute Gasteiger partial charge is 0.339 e. The maximum atomic E-state index is 14.0. The van der Waals surface area contributed by atoms with Gasteiger partial charge in [0.25, 0.3) is 0 Å². The number of rotatable bonds is 4. The summed E-state index contributed by atoms with van der Waals surface area (Å²) < 4.78 is 20.5. The van der Waals surface area contributed by atoms with Crippen LogP contribution < -0.4 is 5.73 Å². The monoisotopic (exact) mass is 305 g/mol. The second kappa shape index (κ2) is 6.17. The van der Waals surface area contributed by atoms with E-state index in [2.05, 4.69) is 5.10 Å². The Morgan fingerprint density at radius 3 is 2.59 bits per heavy atom. The van der Waals surface area contributed by atoms with Crippen molar-refractivity contribution in [2.45, 2.75) is 33.0 Å². The maximum absolute atomic E-state index is 14.0. The molecule has 1 unspecified atom stereocenters. The summed E-state index contributed by atoms with van der Waals surface area (Å²) in [6.07, 6.45) is 0.426. The minimum atomic E-state index is -1.22. The molecule has 1 aromatic carbocycles. The third-order valence-corrected chi connectivity index (χ3v) is 3.49. The number of hydrogen-bond acceptors (Lipinski definition) is 4. The lowest BCUT2D eigenvalue weighted by Gasteiger charge is -2.17. The quantitative estimate of drug-likeness (QED) is 0.693. The Morgan fingerprint density at radius 1 is 1.36 bits per heavy atom. The van der Waals surface area contributed by atoms with E-state index in [0.717, 1.165) is 5.69 Å². The molecule has 1 atom stereocenters. The van der Waals surface area contributed by atoms with Gasteiger partial charge in [-0.25, -0.2) is 9.18 Å². The molecule has 2 N–H and O–H groups in total. The molecule has 0 aliphatic heterocycles.